The zero-order valence-corrected chi connectivity index (χ0v) is 22.1. The molecule has 1 aromatic heterocycles. The molecule has 2 unspecified atom stereocenters. The number of rotatable bonds is 8. The third kappa shape index (κ3) is 6.25. The largest absolute Gasteiger partial charge is 0.451 e. The molecule has 1 fully saturated rings. The van der Waals surface area contributed by atoms with E-state index in [0.29, 0.717) is 24.8 Å². The molecule has 0 saturated carbocycles. The smallest absolute Gasteiger partial charge is 0.305 e. The molecule has 11 nitrogen and oxygen atoms in total. The highest BCUT2D eigenvalue weighted by Crippen LogP contribution is 2.21. The number of amides is 2. The summed E-state index contributed by atoms with van der Waals surface area (Å²) < 4.78 is 34.2. The number of carbonyl (C=O) groups is 2. The lowest BCUT2D eigenvalue weighted by Gasteiger charge is -2.29. The fraction of sp³-hybridized carbons (Fsp3) is 0.520. The summed E-state index contributed by atoms with van der Waals surface area (Å²) in [6.45, 7) is 4.19. The lowest BCUT2D eigenvalue weighted by molar-refractivity contribution is -0.125. The standard InChI is InChI=1S/C25H35N5O6S/c1-17(2)13-20(27-25(33)23-14-18-7-4-5-9-22(18)36-23)24(32)26-19-8-6-10-29(15-21(19)31)37(34,35)30-12-11-28(3)16-30/h4-5,7,9,11-12,14,17,19-21,31H,6,8,10,13,15-16H2,1-3H3,(H,26,32)(H,27,33)/t19?,20-,21?/m0/s1. The van der Waals surface area contributed by atoms with E-state index < -0.39 is 40.2 Å². The first-order chi connectivity index (χ1) is 17.5. The number of hydrogen-bond acceptors (Lipinski definition) is 7. The monoisotopic (exact) mass is 533 g/mol. The minimum Gasteiger partial charge on any atom is -0.451 e. The quantitative estimate of drug-likeness (QED) is 0.467. The van der Waals surface area contributed by atoms with Gasteiger partial charge >= 0.3 is 10.2 Å². The SMILES string of the molecule is CC(C)C[C@H](NC(=O)c1cc2ccccc2o1)C(=O)NC1CCCN(S(=O)(=O)N2C=CN(C)C2)CC1O. The van der Waals surface area contributed by atoms with Crippen molar-refractivity contribution in [3.8, 4) is 0 Å². The Bertz CT molecular complexity index is 1230. The van der Waals surface area contributed by atoms with E-state index in [1.165, 1.54) is 14.8 Å². The second-order valence-corrected chi connectivity index (χ2v) is 12.0. The normalized spacial score (nSPS) is 21.9. The van der Waals surface area contributed by atoms with Gasteiger partial charge in [0.1, 0.15) is 18.3 Å². The molecular formula is C25H35N5O6S. The summed E-state index contributed by atoms with van der Waals surface area (Å²) in [5.41, 5.74) is 0.578. The number of hydrogen-bond donors (Lipinski definition) is 3. The summed E-state index contributed by atoms with van der Waals surface area (Å²) in [6, 6.07) is 7.39. The van der Waals surface area contributed by atoms with Crippen LogP contribution in [0.3, 0.4) is 0 Å². The Balaban J connectivity index is 1.41. The van der Waals surface area contributed by atoms with E-state index in [-0.39, 0.29) is 31.4 Å². The topological polar surface area (TPSA) is 135 Å². The van der Waals surface area contributed by atoms with Crippen molar-refractivity contribution >= 4 is 33.0 Å². The van der Waals surface area contributed by atoms with E-state index in [9.17, 15) is 23.1 Å². The number of fused-ring (bicyclic) bond motifs is 1. The number of para-hydroxylation sites is 1. The molecule has 0 aliphatic carbocycles. The molecule has 202 valence electrons. The van der Waals surface area contributed by atoms with Crippen LogP contribution in [-0.2, 0) is 15.0 Å². The molecule has 3 N–H and O–H groups in total. The number of nitrogens with one attached hydrogen (secondary N) is 2. The molecule has 2 aliphatic rings. The molecule has 2 aliphatic heterocycles. The Morgan fingerprint density at radius 3 is 2.65 bits per heavy atom. The number of aliphatic hydroxyl groups excluding tert-OH is 1. The molecule has 4 rings (SSSR count). The van der Waals surface area contributed by atoms with Crippen LogP contribution in [-0.4, -0.2) is 83.8 Å². The van der Waals surface area contributed by atoms with Crippen molar-refractivity contribution in [1.82, 2.24) is 24.1 Å². The van der Waals surface area contributed by atoms with Gasteiger partial charge in [-0.05, 0) is 37.3 Å². The van der Waals surface area contributed by atoms with Gasteiger partial charge in [-0.1, -0.05) is 32.0 Å². The zero-order chi connectivity index (χ0) is 26.7. The van der Waals surface area contributed by atoms with Gasteiger partial charge in [0.25, 0.3) is 5.91 Å². The fourth-order valence-corrected chi connectivity index (χ4v) is 6.13. The van der Waals surface area contributed by atoms with Crippen molar-refractivity contribution in [3.63, 3.8) is 0 Å². The molecule has 0 spiro atoms. The van der Waals surface area contributed by atoms with E-state index in [0.717, 1.165) is 5.39 Å². The molecule has 1 saturated heterocycles. The summed E-state index contributed by atoms with van der Waals surface area (Å²) in [4.78, 5) is 27.9. The van der Waals surface area contributed by atoms with E-state index in [2.05, 4.69) is 10.6 Å². The number of nitrogens with zero attached hydrogens (tertiary/aromatic N) is 3. The maximum Gasteiger partial charge on any atom is 0.305 e. The van der Waals surface area contributed by atoms with Crippen LogP contribution in [0.5, 0.6) is 0 Å². The molecule has 3 heterocycles. The van der Waals surface area contributed by atoms with Crippen LogP contribution in [0.4, 0.5) is 0 Å². The van der Waals surface area contributed by atoms with Crippen molar-refractivity contribution < 1.29 is 27.5 Å². The highest BCUT2D eigenvalue weighted by atomic mass is 32.2. The first-order valence-corrected chi connectivity index (χ1v) is 13.9. The number of furan rings is 1. The summed E-state index contributed by atoms with van der Waals surface area (Å²) in [5, 5.41) is 17.3. The van der Waals surface area contributed by atoms with E-state index >= 15 is 0 Å². The first kappa shape index (κ1) is 27.0. The number of β-amino-alcohol motifs (C(OH)–C–C–N with tert-alkyl or cyclic N) is 1. The van der Waals surface area contributed by atoms with Crippen LogP contribution in [0.25, 0.3) is 11.0 Å². The number of aliphatic hydroxyl groups is 1. The Hall–Kier alpha value is -3.09. The lowest BCUT2D eigenvalue weighted by atomic mass is 10.0. The second kappa shape index (κ2) is 11.1. The minimum absolute atomic E-state index is 0.109. The third-order valence-electron chi connectivity index (χ3n) is 6.56. The Morgan fingerprint density at radius 1 is 1.22 bits per heavy atom. The number of carbonyl (C=O) groups excluding carboxylic acids is 2. The molecule has 2 amide bonds. The molecule has 2 aromatic rings. The Kier molecular flexibility index (Phi) is 8.10. The zero-order valence-electron chi connectivity index (χ0n) is 21.3. The van der Waals surface area contributed by atoms with Crippen LogP contribution in [0.1, 0.15) is 43.7 Å². The van der Waals surface area contributed by atoms with Gasteiger partial charge in [0.2, 0.25) is 5.91 Å². The van der Waals surface area contributed by atoms with Gasteiger partial charge in [-0.25, -0.2) is 4.31 Å². The van der Waals surface area contributed by atoms with Crippen molar-refractivity contribution in [2.24, 2.45) is 5.92 Å². The van der Waals surface area contributed by atoms with Gasteiger partial charge in [-0.2, -0.15) is 12.7 Å². The van der Waals surface area contributed by atoms with Crippen LogP contribution in [0.2, 0.25) is 0 Å². The van der Waals surface area contributed by atoms with Gasteiger partial charge < -0.3 is 25.1 Å². The van der Waals surface area contributed by atoms with Crippen molar-refractivity contribution in [2.75, 3.05) is 26.8 Å². The van der Waals surface area contributed by atoms with E-state index in [1.807, 2.05) is 32.0 Å². The molecular weight excluding hydrogens is 498 g/mol. The van der Waals surface area contributed by atoms with Crippen LogP contribution in [0.15, 0.2) is 47.1 Å². The van der Waals surface area contributed by atoms with Gasteiger partial charge in [0, 0.05) is 37.9 Å². The maximum atomic E-state index is 13.2. The predicted molar refractivity (Wildman–Crippen MR) is 138 cm³/mol. The second-order valence-electron chi connectivity index (χ2n) is 10.1. The third-order valence-corrected chi connectivity index (χ3v) is 8.37. The summed E-state index contributed by atoms with van der Waals surface area (Å²) in [7, 11) is -2.02. The van der Waals surface area contributed by atoms with Gasteiger partial charge in [-0.15, -0.1) is 0 Å². The van der Waals surface area contributed by atoms with Crippen LogP contribution < -0.4 is 10.6 Å². The van der Waals surface area contributed by atoms with Crippen molar-refractivity contribution in [2.45, 2.75) is 51.3 Å². The molecule has 1 aromatic carbocycles. The van der Waals surface area contributed by atoms with Crippen LogP contribution >= 0.6 is 0 Å². The predicted octanol–water partition coefficient (Wildman–Crippen LogP) is 1.44. The Labute approximate surface area is 217 Å². The maximum absolute atomic E-state index is 13.2. The van der Waals surface area contributed by atoms with E-state index in [1.54, 1.807) is 30.3 Å². The van der Waals surface area contributed by atoms with Gasteiger partial charge in [0.05, 0.1) is 12.1 Å². The Morgan fingerprint density at radius 2 is 1.97 bits per heavy atom. The highest BCUT2D eigenvalue weighted by Gasteiger charge is 2.37. The van der Waals surface area contributed by atoms with Crippen LogP contribution in [0, 0.1) is 5.92 Å². The average Bonchev–Trinajstić information content (AvgIpc) is 3.43. The van der Waals surface area contributed by atoms with Crippen molar-refractivity contribution in [3.05, 3.63) is 48.5 Å². The summed E-state index contributed by atoms with van der Waals surface area (Å²) >= 11 is 0. The lowest BCUT2D eigenvalue weighted by Crippen LogP contribution is -2.54. The van der Waals surface area contributed by atoms with Gasteiger partial charge in [-0.3, -0.25) is 9.59 Å². The molecule has 0 bridgehead atoms. The highest BCUT2D eigenvalue weighted by molar-refractivity contribution is 7.86. The number of benzene rings is 1. The molecule has 37 heavy (non-hydrogen) atoms. The molecule has 0 radical (unpaired) electrons. The molecule has 12 heteroatoms. The van der Waals surface area contributed by atoms with Crippen molar-refractivity contribution in [1.29, 1.82) is 0 Å². The fourth-order valence-electron chi connectivity index (χ4n) is 4.59. The summed E-state index contributed by atoms with van der Waals surface area (Å²) in [6.07, 6.45) is 3.32. The molecule has 3 atom stereocenters. The van der Waals surface area contributed by atoms with E-state index in [4.69, 9.17) is 4.42 Å². The average molecular weight is 534 g/mol. The minimum atomic E-state index is -3.79. The van der Waals surface area contributed by atoms with Gasteiger partial charge in [0.15, 0.2) is 5.76 Å². The summed E-state index contributed by atoms with van der Waals surface area (Å²) in [5.74, 6) is -0.709. The first-order valence-electron chi connectivity index (χ1n) is 12.5.